The minimum Gasteiger partial charge on any atom is -0.663 e. The molecule has 1 unspecified atom stereocenters. The summed E-state index contributed by atoms with van der Waals surface area (Å²) < 4.78 is 19.4. The quantitative estimate of drug-likeness (QED) is 0.386. The van der Waals surface area contributed by atoms with Crippen LogP contribution in [0, 0.1) is 26.1 Å². The summed E-state index contributed by atoms with van der Waals surface area (Å²) in [6.45, 7) is 8.16. The molecule has 0 N–H and O–H groups in total. The fourth-order valence-corrected chi connectivity index (χ4v) is 2.31. The van der Waals surface area contributed by atoms with E-state index in [1.165, 1.54) is 12.1 Å². The number of ether oxygens (including phenoxy) is 1. The van der Waals surface area contributed by atoms with Gasteiger partial charge in [-0.15, -0.1) is 11.2 Å². The van der Waals surface area contributed by atoms with E-state index in [1.54, 1.807) is 12.3 Å². The van der Waals surface area contributed by atoms with Gasteiger partial charge in [-0.05, 0) is 28.5 Å². The second-order valence-corrected chi connectivity index (χ2v) is 6.21. The minimum atomic E-state index is -0.271. The van der Waals surface area contributed by atoms with Gasteiger partial charge in [0, 0.05) is 47.1 Å². The van der Waals surface area contributed by atoms with Gasteiger partial charge in [0.1, 0.15) is 11.6 Å². The van der Waals surface area contributed by atoms with Gasteiger partial charge < -0.3 is 29.9 Å². The Morgan fingerprint density at radius 1 is 1.12 bits per heavy atom. The maximum absolute atomic E-state index is 13.4. The molecule has 0 fully saturated rings. The van der Waals surface area contributed by atoms with Crippen molar-refractivity contribution in [1.82, 2.24) is 4.98 Å². The number of aromatic nitrogens is 1. The van der Waals surface area contributed by atoms with Gasteiger partial charge in [0.15, 0.2) is 0 Å². The van der Waals surface area contributed by atoms with Crippen LogP contribution in [0.15, 0.2) is 30.1 Å². The van der Waals surface area contributed by atoms with Gasteiger partial charge in [-0.3, -0.25) is 0 Å². The molecule has 0 aliphatic carbocycles. The van der Waals surface area contributed by atoms with Gasteiger partial charge in [0.2, 0.25) is 0 Å². The third-order valence-electron chi connectivity index (χ3n) is 3.44. The standard InChI is InChI=1S/C16H17FN2O.2CH3.2Re/c1-9-14(20-15(19-9)16(2,3)4)12-8-18-13-6-5-10(17)7-11(12)13;;;;/h5-8,15H,1-4H3;2*1H3;;/q-2;2*-1;;. The average Bonchev–Trinajstić information content (AvgIpc) is 2.91. The molecule has 2 radical (unpaired) electrons. The summed E-state index contributed by atoms with van der Waals surface area (Å²) >= 11 is 0. The van der Waals surface area contributed by atoms with E-state index in [0.29, 0.717) is 5.76 Å². The van der Waals surface area contributed by atoms with E-state index in [1.807, 2.05) is 6.92 Å². The number of rotatable bonds is 1. The summed E-state index contributed by atoms with van der Waals surface area (Å²) in [6.07, 6.45) is 1.51. The molecule has 1 aromatic carbocycles. The van der Waals surface area contributed by atoms with Crippen LogP contribution in [0.2, 0.25) is 0 Å². The van der Waals surface area contributed by atoms with Crippen LogP contribution < -0.4 is 4.98 Å². The molecule has 1 aliphatic rings. The van der Waals surface area contributed by atoms with Crippen LogP contribution in [0.3, 0.4) is 0 Å². The Balaban J connectivity index is 0. The summed E-state index contributed by atoms with van der Waals surface area (Å²) in [6, 6.07) is 4.58. The summed E-state index contributed by atoms with van der Waals surface area (Å²) in [5, 5.41) is 5.33. The normalized spacial score (nSPS) is 16.1. The molecule has 1 atom stereocenters. The van der Waals surface area contributed by atoms with Crippen molar-refractivity contribution in [3.05, 3.63) is 61.6 Å². The van der Waals surface area contributed by atoms with Crippen LogP contribution in [0.25, 0.3) is 22.0 Å². The van der Waals surface area contributed by atoms with Crippen molar-refractivity contribution in [3.8, 4) is 0 Å². The maximum atomic E-state index is 13.4. The van der Waals surface area contributed by atoms with E-state index in [4.69, 9.17) is 4.74 Å². The van der Waals surface area contributed by atoms with Crippen molar-refractivity contribution in [2.24, 2.45) is 5.41 Å². The van der Waals surface area contributed by atoms with Crippen molar-refractivity contribution in [3.63, 3.8) is 0 Å². The third kappa shape index (κ3) is 4.71. The van der Waals surface area contributed by atoms with Gasteiger partial charge in [0.05, 0.1) is 0 Å². The van der Waals surface area contributed by atoms with Gasteiger partial charge >= 0.3 is 0 Å². The molecule has 3 nitrogen and oxygen atoms in total. The SMILES string of the molecule is CC1=C(c2c[n-]c3ccc(F)cc23)OC(C(C)(C)C)[N-]1.[CH3-].[CH3-].[Re].[Re]. The van der Waals surface area contributed by atoms with Crippen molar-refractivity contribution in [1.29, 1.82) is 0 Å². The number of halogens is 1. The molecule has 136 valence electrons. The molecule has 1 aromatic heterocycles. The van der Waals surface area contributed by atoms with E-state index >= 15 is 0 Å². The molecule has 0 saturated carbocycles. The van der Waals surface area contributed by atoms with Crippen LogP contribution in [-0.2, 0) is 45.6 Å². The third-order valence-corrected chi connectivity index (χ3v) is 3.44. The Morgan fingerprint density at radius 3 is 2.29 bits per heavy atom. The monoisotopic (exact) mass is 676 g/mol. The molecular weight excluding hydrogens is 652 g/mol. The summed E-state index contributed by atoms with van der Waals surface area (Å²) in [4.78, 5) is 4.30. The zero-order chi connectivity index (χ0) is 14.5. The summed E-state index contributed by atoms with van der Waals surface area (Å²) in [7, 11) is 0. The minimum absolute atomic E-state index is 0. The number of benzene rings is 1. The van der Waals surface area contributed by atoms with Crippen LogP contribution in [0.1, 0.15) is 33.3 Å². The van der Waals surface area contributed by atoms with E-state index in [0.717, 1.165) is 22.2 Å². The molecule has 6 heteroatoms. The van der Waals surface area contributed by atoms with Crippen LogP contribution >= 0.6 is 0 Å². The Labute approximate surface area is 172 Å². The first kappa shape index (κ1) is 25.6. The second kappa shape index (κ2) is 9.16. The fourth-order valence-electron chi connectivity index (χ4n) is 2.31. The molecule has 2 heterocycles. The number of hydrogen-bond donors (Lipinski definition) is 0. The van der Waals surface area contributed by atoms with E-state index in [9.17, 15) is 4.39 Å². The molecule has 24 heavy (non-hydrogen) atoms. The first-order chi connectivity index (χ1) is 9.36. The number of allylic oxidation sites excluding steroid dienone is 1. The topological polar surface area (TPSA) is 37.4 Å². The summed E-state index contributed by atoms with van der Waals surface area (Å²) in [5.41, 5.74) is 2.34. The largest absolute Gasteiger partial charge is 0.663 e. The predicted octanol–water partition coefficient (Wildman–Crippen LogP) is 5.30. The van der Waals surface area contributed by atoms with Crippen LogP contribution in [-0.4, -0.2) is 6.23 Å². The zero-order valence-corrected chi connectivity index (χ0v) is 20.3. The smallest absolute Gasteiger partial charge is 0.123 e. The summed E-state index contributed by atoms with van der Waals surface area (Å²) in [5.74, 6) is 0.435. The van der Waals surface area contributed by atoms with Crippen molar-refractivity contribution in [2.45, 2.75) is 33.9 Å². The molecular formula is C18H23FN2ORe2-4. The molecule has 0 amide bonds. The predicted molar refractivity (Wildman–Crippen MR) is 90.3 cm³/mol. The van der Waals surface area contributed by atoms with Gasteiger partial charge in [-0.1, -0.05) is 33.8 Å². The van der Waals surface area contributed by atoms with Crippen molar-refractivity contribution < 1.29 is 50.0 Å². The van der Waals surface area contributed by atoms with Crippen molar-refractivity contribution >= 4 is 16.7 Å². The molecule has 0 saturated heterocycles. The Hall–Kier alpha value is -0.645. The van der Waals surface area contributed by atoms with Crippen molar-refractivity contribution in [2.75, 3.05) is 0 Å². The number of fused-ring (bicyclic) bond motifs is 1. The zero-order valence-electron chi connectivity index (χ0n) is 14.8. The Morgan fingerprint density at radius 2 is 1.75 bits per heavy atom. The van der Waals surface area contributed by atoms with Gasteiger partial charge in [-0.2, -0.15) is 6.20 Å². The second-order valence-electron chi connectivity index (χ2n) is 6.21. The molecule has 1 aliphatic heterocycles. The number of nitrogens with zero attached hydrogens (tertiary/aromatic N) is 2. The van der Waals surface area contributed by atoms with Crippen LogP contribution in [0.5, 0.6) is 0 Å². The van der Waals surface area contributed by atoms with Gasteiger partial charge in [0.25, 0.3) is 0 Å². The first-order valence-electron chi connectivity index (χ1n) is 6.66. The van der Waals surface area contributed by atoms with Crippen LogP contribution in [0.4, 0.5) is 4.39 Å². The Bertz CT molecular complexity index is 705. The van der Waals surface area contributed by atoms with E-state index < -0.39 is 0 Å². The molecule has 2 aromatic rings. The Kier molecular flexibility index (Phi) is 9.77. The molecule has 0 bridgehead atoms. The van der Waals surface area contributed by atoms with Gasteiger partial charge in [-0.25, -0.2) is 4.39 Å². The molecule has 3 rings (SSSR count). The maximum Gasteiger partial charge on any atom is 0.123 e. The molecule has 0 spiro atoms. The van der Waals surface area contributed by atoms with E-state index in [-0.39, 0.29) is 73.2 Å². The first-order valence-corrected chi connectivity index (χ1v) is 6.66. The number of hydrogen-bond acceptors (Lipinski definition) is 1. The fraction of sp³-hybridized carbons (Fsp3) is 0.333. The van der Waals surface area contributed by atoms with E-state index in [2.05, 4.69) is 31.1 Å². The average molecular weight is 675 g/mol.